The summed E-state index contributed by atoms with van der Waals surface area (Å²) in [6, 6.07) is 9.54. The third kappa shape index (κ3) is 2.30. The van der Waals surface area contributed by atoms with Crippen LogP contribution in [-0.2, 0) is 0 Å². The molecular weight excluding hydrogens is 278 g/mol. The summed E-state index contributed by atoms with van der Waals surface area (Å²) >= 11 is 0. The third-order valence-corrected chi connectivity index (χ3v) is 4.05. The molecule has 0 aliphatic carbocycles. The van der Waals surface area contributed by atoms with Crippen molar-refractivity contribution in [2.75, 3.05) is 18.0 Å². The first-order chi connectivity index (χ1) is 10.7. The van der Waals surface area contributed by atoms with Crippen LogP contribution in [0.4, 0.5) is 5.69 Å². The number of furan rings is 1. The molecule has 0 N–H and O–H groups in total. The second-order valence-corrected chi connectivity index (χ2v) is 5.22. The second-order valence-electron chi connectivity index (χ2n) is 5.22. The molecule has 0 spiro atoms. The van der Waals surface area contributed by atoms with E-state index in [2.05, 4.69) is 24.8 Å². The first-order valence-electron chi connectivity index (χ1n) is 7.52. The van der Waals surface area contributed by atoms with Crippen LogP contribution in [0.5, 0.6) is 0 Å². The van der Waals surface area contributed by atoms with Gasteiger partial charge in [0.15, 0.2) is 0 Å². The van der Waals surface area contributed by atoms with Gasteiger partial charge in [-0.1, -0.05) is 0 Å². The van der Waals surface area contributed by atoms with Crippen LogP contribution >= 0.6 is 0 Å². The van der Waals surface area contributed by atoms with Gasteiger partial charge >= 0.3 is 5.63 Å². The Morgan fingerprint density at radius 3 is 2.55 bits per heavy atom. The second kappa shape index (κ2) is 5.72. The van der Waals surface area contributed by atoms with E-state index < -0.39 is 0 Å². The molecule has 0 bridgehead atoms. The zero-order chi connectivity index (χ0) is 15.7. The van der Waals surface area contributed by atoms with E-state index in [4.69, 9.17) is 8.83 Å². The lowest BCUT2D eigenvalue weighted by atomic mass is 10.0. The summed E-state index contributed by atoms with van der Waals surface area (Å²) in [5.74, 6) is 0.543. The van der Waals surface area contributed by atoms with E-state index in [-0.39, 0.29) is 5.63 Å². The first kappa shape index (κ1) is 14.4. The van der Waals surface area contributed by atoms with E-state index in [1.807, 2.05) is 19.1 Å². The Balaban J connectivity index is 2.21. The summed E-state index contributed by atoms with van der Waals surface area (Å²) in [6.45, 7) is 7.96. The smallest absolute Gasteiger partial charge is 0.347 e. The van der Waals surface area contributed by atoms with Gasteiger partial charge in [-0.3, -0.25) is 0 Å². The van der Waals surface area contributed by atoms with E-state index >= 15 is 0 Å². The molecule has 0 saturated carbocycles. The molecule has 0 radical (unpaired) electrons. The number of fused-ring (bicyclic) bond motifs is 1. The highest BCUT2D eigenvalue weighted by atomic mass is 16.4. The van der Waals surface area contributed by atoms with E-state index in [9.17, 15) is 4.79 Å². The molecular formula is C18H19NO3. The van der Waals surface area contributed by atoms with E-state index in [1.165, 1.54) is 0 Å². The van der Waals surface area contributed by atoms with Crippen LogP contribution in [0.2, 0.25) is 0 Å². The Morgan fingerprint density at radius 1 is 1.14 bits per heavy atom. The molecule has 22 heavy (non-hydrogen) atoms. The number of benzene rings is 1. The largest absolute Gasteiger partial charge is 0.464 e. The highest BCUT2D eigenvalue weighted by Gasteiger charge is 2.16. The van der Waals surface area contributed by atoms with Crippen molar-refractivity contribution in [3.8, 4) is 11.3 Å². The molecule has 0 aliphatic heterocycles. The average molecular weight is 297 g/mol. The van der Waals surface area contributed by atoms with Crippen LogP contribution in [0.1, 0.15) is 19.4 Å². The molecule has 0 amide bonds. The maximum Gasteiger partial charge on any atom is 0.347 e. The minimum Gasteiger partial charge on any atom is -0.464 e. The molecule has 1 aromatic carbocycles. The van der Waals surface area contributed by atoms with E-state index in [0.29, 0.717) is 16.9 Å². The lowest BCUT2D eigenvalue weighted by Crippen LogP contribution is -2.21. The fraction of sp³-hybridized carbons (Fsp3) is 0.278. The highest BCUT2D eigenvalue weighted by Crippen LogP contribution is 2.29. The van der Waals surface area contributed by atoms with Crippen LogP contribution in [0.15, 0.2) is 50.2 Å². The van der Waals surface area contributed by atoms with Crippen molar-refractivity contribution in [3.63, 3.8) is 0 Å². The van der Waals surface area contributed by atoms with Crippen molar-refractivity contribution in [2.24, 2.45) is 0 Å². The molecule has 0 aliphatic rings. The normalized spacial score (nSPS) is 11.0. The Labute approximate surface area is 129 Å². The van der Waals surface area contributed by atoms with Crippen LogP contribution in [0.3, 0.4) is 0 Å². The fourth-order valence-electron chi connectivity index (χ4n) is 2.84. The average Bonchev–Trinajstić information content (AvgIpc) is 3.02. The number of rotatable bonds is 4. The quantitative estimate of drug-likeness (QED) is 0.677. The minimum atomic E-state index is -0.364. The van der Waals surface area contributed by atoms with E-state index in [1.54, 1.807) is 18.4 Å². The monoisotopic (exact) mass is 297 g/mol. The number of aryl methyl sites for hydroxylation is 1. The summed E-state index contributed by atoms with van der Waals surface area (Å²) in [6.07, 6.45) is 1.56. The van der Waals surface area contributed by atoms with Crippen LogP contribution in [-0.4, -0.2) is 13.1 Å². The topological polar surface area (TPSA) is 46.6 Å². The van der Waals surface area contributed by atoms with Crippen LogP contribution in [0, 0.1) is 6.92 Å². The number of hydrogen-bond donors (Lipinski definition) is 0. The Kier molecular flexibility index (Phi) is 3.75. The predicted molar refractivity (Wildman–Crippen MR) is 88.5 cm³/mol. The van der Waals surface area contributed by atoms with Crippen molar-refractivity contribution in [2.45, 2.75) is 20.8 Å². The van der Waals surface area contributed by atoms with Gasteiger partial charge in [-0.15, -0.1) is 0 Å². The maximum atomic E-state index is 12.3. The molecule has 3 aromatic rings. The van der Waals surface area contributed by atoms with Crippen molar-refractivity contribution >= 4 is 16.7 Å². The molecule has 3 rings (SSSR count). The summed E-state index contributed by atoms with van der Waals surface area (Å²) in [5, 5.41) is 0.932. The Bertz CT molecular complexity index is 843. The number of nitrogens with zero attached hydrogens (tertiary/aromatic N) is 1. The standard InChI is InChI=1S/C18H19NO3/c1-4-19(5-2)13-8-9-14-12(3)17(15-7-6-10-21-15)18(20)22-16(14)11-13/h6-11H,4-5H2,1-3H3. The summed E-state index contributed by atoms with van der Waals surface area (Å²) in [7, 11) is 0. The van der Waals surface area contributed by atoms with Gasteiger partial charge in [0, 0.05) is 30.2 Å². The number of anilines is 1. The molecule has 2 heterocycles. The predicted octanol–water partition coefficient (Wildman–Crippen LogP) is 4.21. The van der Waals surface area contributed by atoms with Crippen LogP contribution in [0.25, 0.3) is 22.3 Å². The zero-order valence-electron chi connectivity index (χ0n) is 13.1. The Hall–Kier alpha value is -2.49. The number of hydrogen-bond acceptors (Lipinski definition) is 4. The SMILES string of the molecule is CCN(CC)c1ccc2c(C)c(-c3ccco3)c(=O)oc2c1. The maximum absolute atomic E-state index is 12.3. The molecule has 4 heteroatoms. The van der Waals surface area contributed by atoms with Gasteiger partial charge in [0.2, 0.25) is 0 Å². The summed E-state index contributed by atoms with van der Waals surface area (Å²) in [4.78, 5) is 14.5. The Morgan fingerprint density at radius 2 is 1.91 bits per heavy atom. The van der Waals surface area contributed by atoms with E-state index in [0.717, 1.165) is 29.7 Å². The minimum absolute atomic E-state index is 0.364. The molecule has 0 saturated heterocycles. The summed E-state index contributed by atoms with van der Waals surface area (Å²) < 4.78 is 10.9. The molecule has 0 fully saturated rings. The van der Waals surface area contributed by atoms with Gasteiger partial charge in [0.1, 0.15) is 16.9 Å². The molecule has 0 unspecified atom stereocenters. The van der Waals surface area contributed by atoms with Crippen molar-refractivity contribution in [1.29, 1.82) is 0 Å². The van der Waals surface area contributed by atoms with Gasteiger partial charge in [-0.05, 0) is 50.6 Å². The van der Waals surface area contributed by atoms with Crippen molar-refractivity contribution in [3.05, 3.63) is 52.6 Å². The zero-order valence-corrected chi connectivity index (χ0v) is 13.1. The van der Waals surface area contributed by atoms with Crippen molar-refractivity contribution < 1.29 is 8.83 Å². The molecule has 114 valence electrons. The van der Waals surface area contributed by atoms with Gasteiger partial charge in [-0.2, -0.15) is 0 Å². The van der Waals surface area contributed by atoms with Gasteiger partial charge in [0.05, 0.1) is 6.26 Å². The molecule has 4 nitrogen and oxygen atoms in total. The molecule has 2 aromatic heterocycles. The third-order valence-electron chi connectivity index (χ3n) is 4.05. The highest BCUT2D eigenvalue weighted by molar-refractivity contribution is 5.88. The molecule has 0 atom stereocenters. The van der Waals surface area contributed by atoms with Gasteiger partial charge in [-0.25, -0.2) is 4.79 Å². The van der Waals surface area contributed by atoms with Crippen molar-refractivity contribution in [1.82, 2.24) is 0 Å². The lowest BCUT2D eigenvalue weighted by molar-refractivity contribution is 0.546. The van der Waals surface area contributed by atoms with Crippen LogP contribution < -0.4 is 10.5 Å². The lowest BCUT2D eigenvalue weighted by Gasteiger charge is -2.21. The van der Waals surface area contributed by atoms with Gasteiger partial charge in [0.25, 0.3) is 0 Å². The summed E-state index contributed by atoms with van der Waals surface area (Å²) in [5.41, 5.74) is 2.69. The fourth-order valence-corrected chi connectivity index (χ4v) is 2.84. The van der Waals surface area contributed by atoms with Gasteiger partial charge < -0.3 is 13.7 Å². The first-order valence-corrected chi connectivity index (χ1v) is 7.52.